The van der Waals surface area contributed by atoms with Gasteiger partial charge in [-0.25, -0.2) is 0 Å². The van der Waals surface area contributed by atoms with Crippen LogP contribution in [0.15, 0.2) is 30.3 Å². The highest BCUT2D eigenvalue weighted by Gasteiger charge is 2.15. The minimum absolute atomic E-state index is 0.351. The lowest BCUT2D eigenvalue weighted by molar-refractivity contribution is 0.0562. The first-order chi connectivity index (χ1) is 7.34. The Labute approximate surface area is 90.3 Å². The van der Waals surface area contributed by atoms with Crippen LogP contribution in [0.25, 0.3) is 0 Å². The largest absolute Gasteiger partial charge is 0.389 e. The van der Waals surface area contributed by atoms with E-state index >= 15 is 0 Å². The molecule has 1 fully saturated rings. The molecule has 3 heteroatoms. The van der Waals surface area contributed by atoms with Gasteiger partial charge < -0.3 is 9.84 Å². The van der Waals surface area contributed by atoms with E-state index in [9.17, 15) is 5.11 Å². The predicted molar refractivity (Wildman–Crippen MR) is 58.5 cm³/mol. The zero-order chi connectivity index (χ0) is 10.5. The monoisotopic (exact) mass is 207 g/mol. The standard InChI is InChI=1S/C12H17NO2/c14-12-9-13(6-7-15-10-12)8-11-4-2-1-3-5-11/h1-5,12,14H,6-10H2/t12-/m0/s1. The van der Waals surface area contributed by atoms with Crippen LogP contribution >= 0.6 is 0 Å². The number of nitrogens with zero attached hydrogens (tertiary/aromatic N) is 1. The van der Waals surface area contributed by atoms with Crippen LogP contribution in [0.2, 0.25) is 0 Å². The van der Waals surface area contributed by atoms with E-state index in [1.807, 2.05) is 18.2 Å². The fourth-order valence-electron chi connectivity index (χ4n) is 1.84. The molecule has 1 aromatic rings. The Morgan fingerprint density at radius 1 is 1.33 bits per heavy atom. The lowest BCUT2D eigenvalue weighted by Gasteiger charge is -2.20. The highest BCUT2D eigenvalue weighted by Crippen LogP contribution is 2.07. The highest BCUT2D eigenvalue weighted by atomic mass is 16.5. The average molecular weight is 207 g/mol. The fraction of sp³-hybridized carbons (Fsp3) is 0.500. The minimum Gasteiger partial charge on any atom is -0.389 e. The van der Waals surface area contributed by atoms with E-state index in [1.54, 1.807) is 0 Å². The fourth-order valence-corrected chi connectivity index (χ4v) is 1.84. The summed E-state index contributed by atoms with van der Waals surface area (Å²) < 4.78 is 5.28. The lowest BCUT2D eigenvalue weighted by atomic mass is 10.2. The Balaban J connectivity index is 1.93. The molecule has 82 valence electrons. The van der Waals surface area contributed by atoms with Crippen molar-refractivity contribution in [3.8, 4) is 0 Å². The summed E-state index contributed by atoms with van der Waals surface area (Å²) in [7, 11) is 0. The molecule has 2 rings (SSSR count). The maximum absolute atomic E-state index is 9.57. The van der Waals surface area contributed by atoms with E-state index in [2.05, 4.69) is 17.0 Å². The van der Waals surface area contributed by atoms with Gasteiger partial charge in [-0.3, -0.25) is 4.90 Å². The molecule has 0 saturated carbocycles. The smallest absolute Gasteiger partial charge is 0.0900 e. The van der Waals surface area contributed by atoms with Gasteiger partial charge in [-0.1, -0.05) is 30.3 Å². The van der Waals surface area contributed by atoms with Crippen LogP contribution in [0.4, 0.5) is 0 Å². The topological polar surface area (TPSA) is 32.7 Å². The van der Waals surface area contributed by atoms with Crippen molar-refractivity contribution in [2.24, 2.45) is 0 Å². The normalized spacial score (nSPS) is 23.7. The van der Waals surface area contributed by atoms with Gasteiger partial charge in [0.2, 0.25) is 0 Å². The van der Waals surface area contributed by atoms with Crippen LogP contribution in [0.1, 0.15) is 5.56 Å². The molecule has 1 saturated heterocycles. The van der Waals surface area contributed by atoms with Gasteiger partial charge in [-0.05, 0) is 5.56 Å². The molecule has 0 aromatic heterocycles. The number of hydrogen-bond donors (Lipinski definition) is 1. The van der Waals surface area contributed by atoms with Gasteiger partial charge in [0.15, 0.2) is 0 Å². The number of hydrogen-bond acceptors (Lipinski definition) is 3. The molecular formula is C12H17NO2. The van der Waals surface area contributed by atoms with Crippen molar-refractivity contribution in [1.29, 1.82) is 0 Å². The van der Waals surface area contributed by atoms with Gasteiger partial charge in [-0.2, -0.15) is 0 Å². The van der Waals surface area contributed by atoms with Crippen molar-refractivity contribution in [3.63, 3.8) is 0 Å². The first-order valence-electron chi connectivity index (χ1n) is 5.36. The molecule has 3 nitrogen and oxygen atoms in total. The van der Waals surface area contributed by atoms with Gasteiger partial charge in [0, 0.05) is 19.6 Å². The molecule has 15 heavy (non-hydrogen) atoms. The molecule has 1 atom stereocenters. The lowest BCUT2D eigenvalue weighted by Crippen LogP contribution is -2.32. The second kappa shape index (κ2) is 5.26. The maximum Gasteiger partial charge on any atom is 0.0900 e. The SMILES string of the molecule is O[C@@H]1COCCN(Cc2ccccc2)C1. The molecule has 0 radical (unpaired) electrons. The summed E-state index contributed by atoms with van der Waals surface area (Å²) in [6, 6.07) is 10.3. The van der Waals surface area contributed by atoms with Gasteiger partial charge in [-0.15, -0.1) is 0 Å². The molecule has 1 aliphatic heterocycles. The molecule has 0 amide bonds. The molecule has 0 unspecified atom stereocenters. The number of rotatable bonds is 2. The van der Waals surface area contributed by atoms with Crippen molar-refractivity contribution < 1.29 is 9.84 Å². The molecular weight excluding hydrogens is 190 g/mol. The number of benzene rings is 1. The number of aliphatic hydroxyl groups is 1. The zero-order valence-electron chi connectivity index (χ0n) is 8.80. The second-order valence-corrected chi connectivity index (χ2v) is 3.95. The van der Waals surface area contributed by atoms with E-state index in [4.69, 9.17) is 4.74 Å². The zero-order valence-corrected chi connectivity index (χ0v) is 8.80. The molecule has 1 aromatic carbocycles. The maximum atomic E-state index is 9.57. The summed E-state index contributed by atoms with van der Waals surface area (Å²) in [5.41, 5.74) is 1.28. The number of β-amino-alcohol motifs (C(OH)–C–C–N with tert-alkyl or cyclic N) is 1. The Morgan fingerprint density at radius 2 is 2.13 bits per heavy atom. The molecule has 0 spiro atoms. The third-order valence-corrected chi connectivity index (χ3v) is 2.58. The first kappa shape index (κ1) is 10.6. The Hall–Kier alpha value is -0.900. The first-order valence-corrected chi connectivity index (χ1v) is 5.36. The highest BCUT2D eigenvalue weighted by molar-refractivity contribution is 5.14. The van der Waals surface area contributed by atoms with E-state index in [0.717, 1.165) is 13.1 Å². The van der Waals surface area contributed by atoms with Gasteiger partial charge in [0.25, 0.3) is 0 Å². The molecule has 0 aliphatic carbocycles. The average Bonchev–Trinajstić information content (AvgIpc) is 2.44. The third kappa shape index (κ3) is 3.30. The van der Waals surface area contributed by atoms with Crippen LogP contribution in [-0.4, -0.2) is 42.4 Å². The van der Waals surface area contributed by atoms with Crippen LogP contribution in [-0.2, 0) is 11.3 Å². The summed E-state index contributed by atoms with van der Waals surface area (Å²) in [6.45, 7) is 3.66. The Kier molecular flexibility index (Phi) is 3.72. The van der Waals surface area contributed by atoms with E-state index < -0.39 is 0 Å². The van der Waals surface area contributed by atoms with Gasteiger partial charge in [0.1, 0.15) is 0 Å². The van der Waals surface area contributed by atoms with Crippen LogP contribution in [0, 0.1) is 0 Å². The summed E-state index contributed by atoms with van der Waals surface area (Å²) in [4.78, 5) is 2.23. The van der Waals surface area contributed by atoms with E-state index in [0.29, 0.717) is 19.8 Å². The van der Waals surface area contributed by atoms with Crippen molar-refractivity contribution >= 4 is 0 Å². The second-order valence-electron chi connectivity index (χ2n) is 3.95. The molecule has 1 aliphatic rings. The summed E-state index contributed by atoms with van der Waals surface area (Å²) >= 11 is 0. The predicted octanol–water partition coefficient (Wildman–Crippen LogP) is 0.880. The van der Waals surface area contributed by atoms with E-state index in [-0.39, 0.29) is 6.10 Å². The molecule has 1 N–H and O–H groups in total. The summed E-state index contributed by atoms with van der Waals surface area (Å²) in [5.74, 6) is 0. The van der Waals surface area contributed by atoms with Gasteiger partial charge >= 0.3 is 0 Å². The Bertz CT molecular complexity index is 289. The molecule has 0 bridgehead atoms. The van der Waals surface area contributed by atoms with Crippen LogP contribution < -0.4 is 0 Å². The van der Waals surface area contributed by atoms with Crippen molar-refractivity contribution in [1.82, 2.24) is 4.90 Å². The van der Waals surface area contributed by atoms with Crippen LogP contribution in [0.3, 0.4) is 0 Å². The minimum atomic E-state index is -0.351. The number of aliphatic hydroxyl groups excluding tert-OH is 1. The summed E-state index contributed by atoms with van der Waals surface area (Å²) in [5, 5.41) is 9.57. The van der Waals surface area contributed by atoms with Crippen molar-refractivity contribution in [2.75, 3.05) is 26.3 Å². The third-order valence-electron chi connectivity index (χ3n) is 2.58. The molecule has 1 heterocycles. The number of ether oxygens (including phenoxy) is 1. The van der Waals surface area contributed by atoms with Crippen molar-refractivity contribution in [3.05, 3.63) is 35.9 Å². The van der Waals surface area contributed by atoms with Gasteiger partial charge in [0.05, 0.1) is 19.3 Å². The van der Waals surface area contributed by atoms with Crippen molar-refractivity contribution in [2.45, 2.75) is 12.6 Å². The Morgan fingerprint density at radius 3 is 2.93 bits per heavy atom. The van der Waals surface area contributed by atoms with Crippen LogP contribution in [0.5, 0.6) is 0 Å². The summed E-state index contributed by atoms with van der Waals surface area (Å²) in [6.07, 6.45) is -0.351. The van der Waals surface area contributed by atoms with E-state index in [1.165, 1.54) is 5.56 Å². The quantitative estimate of drug-likeness (QED) is 0.781.